The molecule has 15 heavy (non-hydrogen) atoms. The fourth-order valence-corrected chi connectivity index (χ4v) is 1.45. The van der Waals surface area contributed by atoms with Gasteiger partial charge in [-0.2, -0.15) is 0 Å². The number of imidazole rings is 1. The summed E-state index contributed by atoms with van der Waals surface area (Å²) in [7, 11) is 1.94. The smallest absolute Gasteiger partial charge is 0.152 e. The molecule has 0 N–H and O–H groups in total. The van der Waals surface area contributed by atoms with Crippen LogP contribution in [0, 0.1) is 6.92 Å². The standard InChI is InChI=1S/C10H10N2O.C2H6/c1-7-11-10-8(6-13)4-3-5-9(10)12(7)2;1-2/h3-6H,1-2H3;1-2H3. The summed E-state index contributed by atoms with van der Waals surface area (Å²) in [6.45, 7) is 5.93. The zero-order valence-corrected chi connectivity index (χ0v) is 9.61. The van der Waals surface area contributed by atoms with Crippen molar-refractivity contribution in [2.45, 2.75) is 20.8 Å². The van der Waals surface area contributed by atoms with E-state index in [0.717, 1.165) is 23.1 Å². The van der Waals surface area contributed by atoms with E-state index < -0.39 is 0 Å². The van der Waals surface area contributed by atoms with Crippen LogP contribution in [0.4, 0.5) is 0 Å². The molecule has 0 radical (unpaired) electrons. The molecule has 1 heterocycles. The lowest BCUT2D eigenvalue weighted by atomic mass is 10.2. The van der Waals surface area contributed by atoms with Gasteiger partial charge in [-0.15, -0.1) is 0 Å². The van der Waals surface area contributed by atoms with Crippen molar-refractivity contribution >= 4 is 17.3 Å². The Morgan fingerprint density at radius 1 is 1.33 bits per heavy atom. The number of nitrogens with zero attached hydrogens (tertiary/aromatic N) is 2. The molecular weight excluding hydrogens is 188 g/mol. The highest BCUT2D eigenvalue weighted by molar-refractivity contribution is 5.94. The monoisotopic (exact) mass is 204 g/mol. The lowest BCUT2D eigenvalue weighted by Crippen LogP contribution is -1.89. The molecule has 80 valence electrons. The summed E-state index contributed by atoms with van der Waals surface area (Å²) in [6, 6.07) is 5.61. The summed E-state index contributed by atoms with van der Waals surface area (Å²) in [4.78, 5) is 15.0. The SMILES string of the molecule is CC.Cc1nc2c(C=O)cccc2n1C. The minimum atomic E-state index is 0.654. The van der Waals surface area contributed by atoms with Crippen molar-refractivity contribution in [2.24, 2.45) is 7.05 Å². The Hall–Kier alpha value is -1.64. The summed E-state index contributed by atoms with van der Waals surface area (Å²) >= 11 is 0. The first-order chi connectivity index (χ1) is 7.24. The van der Waals surface area contributed by atoms with Gasteiger partial charge in [0.1, 0.15) is 5.82 Å². The first-order valence-corrected chi connectivity index (χ1v) is 5.11. The van der Waals surface area contributed by atoms with Crippen molar-refractivity contribution in [1.29, 1.82) is 0 Å². The van der Waals surface area contributed by atoms with Crippen LogP contribution in [-0.4, -0.2) is 15.8 Å². The van der Waals surface area contributed by atoms with E-state index in [1.54, 1.807) is 6.07 Å². The molecule has 0 saturated carbocycles. The maximum Gasteiger partial charge on any atom is 0.152 e. The minimum Gasteiger partial charge on any atom is -0.331 e. The predicted molar refractivity (Wildman–Crippen MR) is 62.2 cm³/mol. The zero-order chi connectivity index (χ0) is 11.4. The van der Waals surface area contributed by atoms with Crippen LogP contribution >= 0.6 is 0 Å². The lowest BCUT2D eigenvalue weighted by Gasteiger charge is -1.95. The van der Waals surface area contributed by atoms with Crippen LogP contribution in [0.25, 0.3) is 11.0 Å². The molecule has 0 atom stereocenters. The second kappa shape index (κ2) is 4.73. The van der Waals surface area contributed by atoms with Gasteiger partial charge >= 0.3 is 0 Å². The summed E-state index contributed by atoms with van der Waals surface area (Å²) in [5.74, 6) is 0.921. The van der Waals surface area contributed by atoms with Crippen LogP contribution in [-0.2, 0) is 7.05 Å². The second-order valence-corrected chi connectivity index (χ2v) is 3.05. The molecule has 0 saturated heterocycles. The largest absolute Gasteiger partial charge is 0.331 e. The Kier molecular flexibility index (Phi) is 3.61. The number of aldehydes is 1. The number of benzene rings is 1. The van der Waals surface area contributed by atoms with Crippen LogP contribution < -0.4 is 0 Å². The molecule has 0 fully saturated rings. The average Bonchev–Trinajstić information content (AvgIpc) is 2.58. The van der Waals surface area contributed by atoms with Crippen LogP contribution in [0.15, 0.2) is 18.2 Å². The van der Waals surface area contributed by atoms with E-state index in [1.807, 2.05) is 44.5 Å². The highest BCUT2D eigenvalue weighted by Gasteiger charge is 2.06. The number of para-hydroxylation sites is 1. The molecule has 0 aliphatic rings. The van der Waals surface area contributed by atoms with Gasteiger partial charge in [0.15, 0.2) is 6.29 Å². The molecule has 3 heteroatoms. The Balaban J connectivity index is 0.000000531. The third-order valence-corrected chi connectivity index (χ3v) is 2.29. The normalized spacial score (nSPS) is 9.60. The number of aromatic nitrogens is 2. The van der Waals surface area contributed by atoms with Gasteiger partial charge < -0.3 is 4.57 Å². The fraction of sp³-hybridized carbons (Fsp3) is 0.333. The van der Waals surface area contributed by atoms with Crippen LogP contribution in [0.1, 0.15) is 30.0 Å². The number of rotatable bonds is 1. The molecule has 2 aromatic rings. The minimum absolute atomic E-state index is 0.654. The van der Waals surface area contributed by atoms with Gasteiger partial charge in [0, 0.05) is 12.6 Å². The van der Waals surface area contributed by atoms with Gasteiger partial charge in [0.2, 0.25) is 0 Å². The molecule has 0 amide bonds. The Morgan fingerprint density at radius 2 is 2.00 bits per heavy atom. The first-order valence-electron chi connectivity index (χ1n) is 5.11. The summed E-state index contributed by atoms with van der Waals surface area (Å²) in [5, 5.41) is 0. The van der Waals surface area contributed by atoms with Gasteiger partial charge in [0.05, 0.1) is 11.0 Å². The van der Waals surface area contributed by atoms with Crippen molar-refractivity contribution in [2.75, 3.05) is 0 Å². The third kappa shape index (κ3) is 1.91. The third-order valence-electron chi connectivity index (χ3n) is 2.29. The number of carbonyl (C=O) groups excluding carboxylic acids is 1. The van der Waals surface area contributed by atoms with Crippen molar-refractivity contribution in [3.63, 3.8) is 0 Å². The Morgan fingerprint density at radius 3 is 2.60 bits per heavy atom. The van der Waals surface area contributed by atoms with Gasteiger partial charge in [-0.3, -0.25) is 4.79 Å². The molecule has 1 aromatic heterocycles. The van der Waals surface area contributed by atoms with Gasteiger partial charge in [0.25, 0.3) is 0 Å². The van der Waals surface area contributed by atoms with E-state index >= 15 is 0 Å². The molecule has 0 aliphatic heterocycles. The van der Waals surface area contributed by atoms with Gasteiger partial charge in [-0.25, -0.2) is 4.98 Å². The van der Waals surface area contributed by atoms with E-state index in [0.29, 0.717) is 5.56 Å². The van der Waals surface area contributed by atoms with Crippen molar-refractivity contribution in [1.82, 2.24) is 9.55 Å². The molecule has 1 aromatic carbocycles. The van der Waals surface area contributed by atoms with Crippen LogP contribution in [0.2, 0.25) is 0 Å². The van der Waals surface area contributed by atoms with Crippen LogP contribution in [0.5, 0.6) is 0 Å². The number of fused-ring (bicyclic) bond motifs is 1. The lowest BCUT2D eigenvalue weighted by molar-refractivity contribution is 0.112. The van der Waals surface area contributed by atoms with E-state index in [2.05, 4.69) is 4.98 Å². The summed E-state index contributed by atoms with van der Waals surface area (Å²) in [6.07, 6.45) is 0.842. The van der Waals surface area contributed by atoms with Gasteiger partial charge in [-0.05, 0) is 19.1 Å². The highest BCUT2D eigenvalue weighted by atomic mass is 16.1. The highest BCUT2D eigenvalue weighted by Crippen LogP contribution is 2.16. The zero-order valence-electron chi connectivity index (χ0n) is 9.61. The molecule has 3 nitrogen and oxygen atoms in total. The number of hydrogen-bond acceptors (Lipinski definition) is 2. The Bertz CT molecular complexity index is 472. The summed E-state index contributed by atoms with van der Waals surface area (Å²) in [5.41, 5.74) is 2.45. The van der Waals surface area contributed by atoms with E-state index in [4.69, 9.17) is 0 Å². The van der Waals surface area contributed by atoms with E-state index in [-0.39, 0.29) is 0 Å². The van der Waals surface area contributed by atoms with Gasteiger partial charge in [-0.1, -0.05) is 19.9 Å². The molecule has 0 bridgehead atoms. The topological polar surface area (TPSA) is 34.9 Å². The van der Waals surface area contributed by atoms with E-state index in [1.165, 1.54) is 0 Å². The average molecular weight is 204 g/mol. The number of carbonyl (C=O) groups is 1. The molecule has 0 aliphatic carbocycles. The first kappa shape index (κ1) is 11.4. The second-order valence-electron chi connectivity index (χ2n) is 3.05. The number of hydrogen-bond donors (Lipinski definition) is 0. The summed E-state index contributed by atoms with van der Waals surface area (Å²) < 4.78 is 1.97. The predicted octanol–water partition coefficient (Wildman–Crippen LogP) is 2.72. The number of aryl methyl sites for hydroxylation is 2. The quantitative estimate of drug-likeness (QED) is 0.669. The molecule has 2 rings (SSSR count). The van der Waals surface area contributed by atoms with Crippen LogP contribution in [0.3, 0.4) is 0 Å². The maximum absolute atomic E-state index is 10.7. The van der Waals surface area contributed by atoms with Crippen molar-refractivity contribution < 1.29 is 4.79 Å². The maximum atomic E-state index is 10.7. The van der Waals surface area contributed by atoms with E-state index in [9.17, 15) is 4.79 Å². The molecule has 0 spiro atoms. The van der Waals surface area contributed by atoms with Crippen molar-refractivity contribution in [3.8, 4) is 0 Å². The molecular formula is C12H16N2O. The Labute approximate surface area is 89.7 Å². The van der Waals surface area contributed by atoms with Crippen molar-refractivity contribution in [3.05, 3.63) is 29.6 Å². The molecule has 0 unspecified atom stereocenters. The fourth-order valence-electron chi connectivity index (χ4n) is 1.45.